The highest BCUT2D eigenvalue weighted by molar-refractivity contribution is 7.99. The molecular formula is C11H19NO3S. The summed E-state index contributed by atoms with van der Waals surface area (Å²) < 4.78 is 5.08. The van der Waals surface area contributed by atoms with Crippen LogP contribution in [0, 0.1) is 0 Å². The summed E-state index contributed by atoms with van der Waals surface area (Å²) in [6, 6.07) is 3.53. The van der Waals surface area contributed by atoms with Gasteiger partial charge in [0.1, 0.15) is 11.9 Å². The lowest BCUT2D eigenvalue weighted by atomic mass is 10.3. The third kappa shape index (κ3) is 5.55. The molecule has 1 rings (SSSR count). The van der Waals surface area contributed by atoms with Crippen molar-refractivity contribution in [1.82, 2.24) is 5.32 Å². The highest BCUT2D eigenvalue weighted by Crippen LogP contribution is 2.11. The Balaban J connectivity index is 1.95. The van der Waals surface area contributed by atoms with Crippen LogP contribution in [0.5, 0.6) is 0 Å². The molecule has 1 atom stereocenters. The van der Waals surface area contributed by atoms with Crippen molar-refractivity contribution in [2.75, 3.05) is 31.2 Å². The Bertz CT molecular complexity index is 254. The van der Waals surface area contributed by atoms with Gasteiger partial charge in [-0.25, -0.2) is 0 Å². The normalized spacial score (nSPS) is 12.9. The molecule has 1 heterocycles. The van der Waals surface area contributed by atoms with E-state index < -0.39 is 6.10 Å². The average molecular weight is 245 g/mol. The van der Waals surface area contributed by atoms with Gasteiger partial charge < -0.3 is 19.9 Å². The zero-order valence-corrected chi connectivity index (χ0v) is 10.1. The Morgan fingerprint density at radius 3 is 3.00 bits per heavy atom. The van der Waals surface area contributed by atoms with E-state index in [9.17, 15) is 5.11 Å². The van der Waals surface area contributed by atoms with Crippen LogP contribution in [-0.4, -0.2) is 41.4 Å². The molecule has 5 heteroatoms. The van der Waals surface area contributed by atoms with E-state index in [0.29, 0.717) is 12.3 Å². The van der Waals surface area contributed by atoms with Gasteiger partial charge in [-0.05, 0) is 24.3 Å². The molecule has 4 nitrogen and oxygen atoms in total. The Hall–Kier alpha value is -0.490. The first kappa shape index (κ1) is 13.6. The zero-order valence-electron chi connectivity index (χ0n) is 9.26. The van der Waals surface area contributed by atoms with E-state index in [1.165, 1.54) is 0 Å². The fraction of sp³-hybridized carbons (Fsp3) is 0.636. The topological polar surface area (TPSA) is 65.6 Å². The Kier molecular flexibility index (Phi) is 7.33. The molecule has 0 amide bonds. The van der Waals surface area contributed by atoms with Gasteiger partial charge in [0.05, 0.1) is 6.26 Å². The molecule has 0 saturated heterocycles. The number of aliphatic hydroxyl groups is 2. The van der Waals surface area contributed by atoms with Crippen LogP contribution in [-0.2, 0) is 0 Å². The van der Waals surface area contributed by atoms with Gasteiger partial charge >= 0.3 is 0 Å². The molecule has 1 aromatic heterocycles. The van der Waals surface area contributed by atoms with Crippen LogP contribution in [0.1, 0.15) is 18.3 Å². The minimum atomic E-state index is -0.572. The third-order valence-electron chi connectivity index (χ3n) is 2.08. The van der Waals surface area contributed by atoms with Crippen molar-refractivity contribution in [3.63, 3.8) is 0 Å². The van der Waals surface area contributed by atoms with E-state index >= 15 is 0 Å². The van der Waals surface area contributed by atoms with Gasteiger partial charge in [0.2, 0.25) is 0 Å². The predicted octanol–water partition coefficient (Wildman–Crippen LogP) is 1.02. The number of furan rings is 1. The van der Waals surface area contributed by atoms with Gasteiger partial charge in [-0.3, -0.25) is 0 Å². The first-order valence-corrected chi connectivity index (χ1v) is 6.61. The number of thioether (sulfide) groups is 1. The summed E-state index contributed by atoms with van der Waals surface area (Å²) in [5.41, 5.74) is 0. The average Bonchev–Trinajstić information content (AvgIpc) is 2.81. The van der Waals surface area contributed by atoms with E-state index in [4.69, 9.17) is 9.52 Å². The van der Waals surface area contributed by atoms with Gasteiger partial charge in [-0.2, -0.15) is 11.8 Å². The molecule has 3 N–H and O–H groups in total. The van der Waals surface area contributed by atoms with Crippen molar-refractivity contribution in [3.8, 4) is 0 Å². The standard InChI is InChI=1S/C11H19NO3S/c13-5-2-7-16-8-4-12-9-10(14)11-3-1-6-15-11/h1,3,6,10,12-14H,2,4-5,7-9H2. The van der Waals surface area contributed by atoms with E-state index in [2.05, 4.69) is 5.32 Å². The predicted molar refractivity (Wildman–Crippen MR) is 65.6 cm³/mol. The minimum Gasteiger partial charge on any atom is -0.467 e. The Morgan fingerprint density at radius 2 is 2.31 bits per heavy atom. The van der Waals surface area contributed by atoms with Crippen molar-refractivity contribution in [2.24, 2.45) is 0 Å². The molecule has 0 fully saturated rings. The van der Waals surface area contributed by atoms with Crippen LogP contribution in [0.4, 0.5) is 0 Å². The lowest BCUT2D eigenvalue weighted by Crippen LogP contribution is -2.23. The van der Waals surface area contributed by atoms with Gasteiger partial charge in [-0.1, -0.05) is 0 Å². The third-order valence-corrected chi connectivity index (χ3v) is 3.15. The van der Waals surface area contributed by atoms with Crippen molar-refractivity contribution >= 4 is 11.8 Å². The van der Waals surface area contributed by atoms with Crippen LogP contribution in [0.3, 0.4) is 0 Å². The van der Waals surface area contributed by atoms with Crippen molar-refractivity contribution in [3.05, 3.63) is 24.2 Å². The van der Waals surface area contributed by atoms with E-state index in [1.807, 2.05) is 0 Å². The zero-order chi connectivity index (χ0) is 11.6. The lowest BCUT2D eigenvalue weighted by Gasteiger charge is -2.09. The molecule has 0 bridgehead atoms. The SMILES string of the molecule is OCCCSCCNCC(O)c1ccco1. The summed E-state index contributed by atoms with van der Waals surface area (Å²) in [7, 11) is 0. The van der Waals surface area contributed by atoms with Crippen LogP contribution in [0.2, 0.25) is 0 Å². The molecule has 0 aliphatic rings. The fourth-order valence-electron chi connectivity index (χ4n) is 1.23. The number of rotatable bonds is 9. The summed E-state index contributed by atoms with van der Waals surface area (Å²) in [4.78, 5) is 0. The Morgan fingerprint density at radius 1 is 1.44 bits per heavy atom. The van der Waals surface area contributed by atoms with Gasteiger partial charge in [-0.15, -0.1) is 0 Å². The molecule has 92 valence electrons. The summed E-state index contributed by atoms with van der Waals surface area (Å²) in [5, 5.41) is 21.4. The number of hydrogen-bond donors (Lipinski definition) is 3. The molecule has 0 spiro atoms. The Labute approximate surface area is 100 Å². The van der Waals surface area contributed by atoms with Gasteiger partial charge in [0.15, 0.2) is 0 Å². The highest BCUT2D eigenvalue weighted by atomic mass is 32.2. The molecule has 0 aliphatic heterocycles. The van der Waals surface area contributed by atoms with E-state index in [0.717, 1.165) is 24.5 Å². The molecule has 0 radical (unpaired) electrons. The van der Waals surface area contributed by atoms with E-state index in [1.54, 1.807) is 30.2 Å². The van der Waals surface area contributed by atoms with Crippen LogP contribution < -0.4 is 5.32 Å². The smallest absolute Gasteiger partial charge is 0.133 e. The van der Waals surface area contributed by atoms with Gasteiger partial charge in [0, 0.05) is 25.4 Å². The molecular weight excluding hydrogens is 226 g/mol. The van der Waals surface area contributed by atoms with Gasteiger partial charge in [0.25, 0.3) is 0 Å². The van der Waals surface area contributed by atoms with Crippen LogP contribution in [0.25, 0.3) is 0 Å². The molecule has 16 heavy (non-hydrogen) atoms. The molecule has 1 unspecified atom stereocenters. The fourth-order valence-corrected chi connectivity index (χ4v) is 2.06. The quantitative estimate of drug-likeness (QED) is 0.567. The summed E-state index contributed by atoms with van der Waals surface area (Å²) >= 11 is 1.80. The molecule has 1 aromatic rings. The molecule has 0 aromatic carbocycles. The second-order valence-electron chi connectivity index (χ2n) is 3.42. The summed E-state index contributed by atoms with van der Waals surface area (Å²) in [5.74, 6) is 2.57. The summed E-state index contributed by atoms with van der Waals surface area (Å²) in [6.07, 6.45) is 1.83. The van der Waals surface area contributed by atoms with E-state index in [-0.39, 0.29) is 6.61 Å². The number of hydrogen-bond acceptors (Lipinski definition) is 5. The van der Waals surface area contributed by atoms with Crippen LogP contribution in [0.15, 0.2) is 22.8 Å². The maximum Gasteiger partial charge on any atom is 0.133 e. The minimum absolute atomic E-state index is 0.262. The second kappa shape index (κ2) is 8.64. The van der Waals surface area contributed by atoms with Crippen LogP contribution >= 0.6 is 11.8 Å². The second-order valence-corrected chi connectivity index (χ2v) is 4.65. The summed E-state index contributed by atoms with van der Waals surface area (Å²) in [6.45, 7) is 1.62. The number of nitrogens with one attached hydrogen (secondary N) is 1. The van der Waals surface area contributed by atoms with Crippen molar-refractivity contribution in [2.45, 2.75) is 12.5 Å². The lowest BCUT2D eigenvalue weighted by molar-refractivity contribution is 0.148. The largest absolute Gasteiger partial charge is 0.467 e. The highest BCUT2D eigenvalue weighted by Gasteiger charge is 2.08. The molecule has 0 saturated carbocycles. The first-order valence-electron chi connectivity index (χ1n) is 5.45. The molecule has 0 aliphatic carbocycles. The maximum absolute atomic E-state index is 9.65. The number of aliphatic hydroxyl groups excluding tert-OH is 2. The maximum atomic E-state index is 9.65. The monoisotopic (exact) mass is 245 g/mol. The first-order chi connectivity index (χ1) is 7.84. The van der Waals surface area contributed by atoms with Crippen molar-refractivity contribution in [1.29, 1.82) is 0 Å². The van der Waals surface area contributed by atoms with Crippen molar-refractivity contribution < 1.29 is 14.6 Å².